The molecule has 0 saturated carbocycles. The van der Waals surface area contributed by atoms with E-state index in [1.54, 1.807) is 0 Å². The summed E-state index contributed by atoms with van der Waals surface area (Å²) >= 11 is 0. The number of hydrogen-bond acceptors (Lipinski definition) is 4. The third-order valence-electron chi connectivity index (χ3n) is 1.93. The SMILES string of the molecule is Nc1c([N+](=O)[O-])ccc(C(=O)O)c1C(F)(F)F. The number of aromatic carboxylic acids is 1. The van der Waals surface area contributed by atoms with E-state index in [0.717, 1.165) is 0 Å². The molecule has 0 unspecified atom stereocenters. The molecule has 0 fully saturated rings. The van der Waals surface area contributed by atoms with E-state index in [2.05, 4.69) is 0 Å². The van der Waals surface area contributed by atoms with Crippen LogP contribution in [0.4, 0.5) is 24.5 Å². The summed E-state index contributed by atoms with van der Waals surface area (Å²) in [4.78, 5) is 19.9. The Balaban J connectivity index is 3.65. The number of halogens is 3. The molecule has 3 N–H and O–H groups in total. The van der Waals surface area contributed by atoms with Gasteiger partial charge in [-0.1, -0.05) is 0 Å². The van der Waals surface area contributed by atoms with Crippen molar-refractivity contribution in [2.75, 3.05) is 5.73 Å². The van der Waals surface area contributed by atoms with Gasteiger partial charge in [0.1, 0.15) is 5.69 Å². The standard InChI is InChI=1S/C8H5F3N2O4/c9-8(10,11)5-3(7(14)15)1-2-4(6(5)12)13(16)17/h1-2H,12H2,(H,14,15). The van der Waals surface area contributed by atoms with Gasteiger partial charge in [0.05, 0.1) is 16.1 Å². The molecule has 0 atom stereocenters. The quantitative estimate of drug-likeness (QED) is 0.473. The summed E-state index contributed by atoms with van der Waals surface area (Å²) in [5.74, 6) is -1.86. The maximum Gasteiger partial charge on any atom is 0.419 e. The molecule has 0 aliphatic heterocycles. The van der Waals surface area contributed by atoms with Crippen molar-refractivity contribution in [1.82, 2.24) is 0 Å². The van der Waals surface area contributed by atoms with E-state index in [1.165, 1.54) is 0 Å². The van der Waals surface area contributed by atoms with Gasteiger partial charge in [0.25, 0.3) is 5.69 Å². The first-order valence-electron chi connectivity index (χ1n) is 4.03. The smallest absolute Gasteiger partial charge is 0.419 e. The lowest BCUT2D eigenvalue weighted by atomic mass is 10.0. The molecule has 1 aromatic carbocycles. The van der Waals surface area contributed by atoms with Crippen LogP contribution in [0.1, 0.15) is 15.9 Å². The van der Waals surface area contributed by atoms with Crippen LogP contribution >= 0.6 is 0 Å². The van der Waals surface area contributed by atoms with Gasteiger partial charge in [-0.15, -0.1) is 0 Å². The van der Waals surface area contributed by atoms with Gasteiger partial charge in [-0.3, -0.25) is 10.1 Å². The first kappa shape index (κ1) is 12.7. The molecule has 17 heavy (non-hydrogen) atoms. The third-order valence-corrected chi connectivity index (χ3v) is 1.93. The predicted molar refractivity (Wildman–Crippen MR) is 49.5 cm³/mol. The number of hydrogen-bond donors (Lipinski definition) is 2. The van der Waals surface area contributed by atoms with Crippen LogP contribution < -0.4 is 5.73 Å². The number of nitro groups is 1. The number of benzene rings is 1. The summed E-state index contributed by atoms with van der Waals surface area (Å²) in [6, 6.07) is 1.12. The Morgan fingerprint density at radius 1 is 1.41 bits per heavy atom. The zero-order chi connectivity index (χ0) is 13.4. The number of anilines is 1. The van der Waals surface area contributed by atoms with E-state index in [0.29, 0.717) is 12.1 Å². The Morgan fingerprint density at radius 3 is 2.29 bits per heavy atom. The lowest BCUT2D eigenvalue weighted by Crippen LogP contribution is -2.16. The number of nitrogen functional groups attached to an aromatic ring is 1. The van der Waals surface area contributed by atoms with Gasteiger partial charge in [0.15, 0.2) is 0 Å². The number of nitrogens with zero attached hydrogens (tertiary/aromatic N) is 1. The van der Waals surface area contributed by atoms with Gasteiger partial charge >= 0.3 is 12.1 Å². The van der Waals surface area contributed by atoms with Crippen molar-refractivity contribution in [2.24, 2.45) is 0 Å². The van der Waals surface area contributed by atoms with Gasteiger partial charge in [0, 0.05) is 6.07 Å². The molecule has 0 amide bonds. The highest BCUT2D eigenvalue weighted by Gasteiger charge is 2.40. The van der Waals surface area contributed by atoms with Gasteiger partial charge in [0.2, 0.25) is 0 Å². The summed E-state index contributed by atoms with van der Waals surface area (Å²) in [6.45, 7) is 0. The number of nitrogens with two attached hydrogens (primary N) is 1. The van der Waals surface area contributed by atoms with Gasteiger partial charge < -0.3 is 10.8 Å². The minimum absolute atomic E-state index is 0.500. The van der Waals surface area contributed by atoms with Crippen molar-refractivity contribution in [3.63, 3.8) is 0 Å². The molecule has 0 aromatic heterocycles. The molecule has 6 nitrogen and oxygen atoms in total. The monoisotopic (exact) mass is 250 g/mol. The molecule has 0 heterocycles. The van der Waals surface area contributed by atoms with Crippen molar-refractivity contribution in [1.29, 1.82) is 0 Å². The Labute approximate surface area is 91.6 Å². The molecular weight excluding hydrogens is 245 g/mol. The highest BCUT2D eigenvalue weighted by Crippen LogP contribution is 2.40. The maximum absolute atomic E-state index is 12.5. The summed E-state index contributed by atoms with van der Waals surface area (Å²) in [5, 5.41) is 19.0. The van der Waals surface area contributed by atoms with Crippen LogP contribution in [-0.2, 0) is 6.18 Å². The van der Waals surface area contributed by atoms with Crippen LogP contribution in [0.15, 0.2) is 12.1 Å². The van der Waals surface area contributed by atoms with Crippen LogP contribution in [0.2, 0.25) is 0 Å². The van der Waals surface area contributed by atoms with Crippen LogP contribution in [-0.4, -0.2) is 16.0 Å². The second-order valence-electron chi connectivity index (χ2n) is 2.98. The number of carboxylic acids is 1. The fourth-order valence-electron chi connectivity index (χ4n) is 1.25. The number of rotatable bonds is 2. The number of carbonyl (C=O) groups is 1. The van der Waals surface area contributed by atoms with E-state index < -0.39 is 39.6 Å². The Kier molecular flexibility index (Phi) is 2.94. The second-order valence-corrected chi connectivity index (χ2v) is 2.98. The molecule has 0 spiro atoms. The van der Waals surface area contributed by atoms with E-state index in [-0.39, 0.29) is 0 Å². The number of nitro benzene ring substituents is 1. The van der Waals surface area contributed by atoms with E-state index in [1.807, 2.05) is 0 Å². The molecule has 9 heteroatoms. The first-order chi connectivity index (χ1) is 7.66. The van der Waals surface area contributed by atoms with Crippen LogP contribution in [0.3, 0.4) is 0 Å². The Bertz CT molecular complexity index is 498. The summed E-state index contributed by atoms with van der Waals surface area (Å²) in [6.07, 6.45) is -5.08. The molecule has 1 aromatic rings. The van der Waals surface area contributed by atoms with Gasteiger partial charge in [-0.05, 0) is 6.07 Å². The van der Waals surface area contributed by atoms with Crippen LogP contribution in [0.5, 0.6) is 0 Å². The Morgan fingerprint density at radius 2 is 1.94 bits per heavy atom. The number of carboxylic acid groups (broad SMARTS) is 1. The largest absolute Gasteiger partial charge is 0.478 e. The molecule has 0 bridgehead atoms. The molecule has 1 rings (SSSR count). The first-order valence-corrected chi connectivity index (χ1v) is 4.03. The van der Waals surface area contributed by atoms with E-state index >= 15 is 0 Å². The molecule has 0 radical (unpaired) electrons. The topological polar surface area (TPSA) is 106 Å². The number of alkyl halides is 3. The average molecular weight is 250 g/mol. The minimum atomic E-state index is -5.08. The fraction of sp³-hybridized carbons (Fsp3) is 0.125. The summed E-state index contributed by atoms with van der Waals surface area (Å²) in [7, 11) is 0. The second kappa shape index (κ2) is 3.92. The van der Waals surface area contributed by atoms with Gasteiger partial charge in [-0.25, -0.2) is 4.79 Å². The van der Waals surface area contributed by atoms with E-state index in [9.17, 15) is 28.1 Å². The van der Waals surface area contributed by atoms with Crippen molar-refractivity contribution in [3.05, 3.63) is 33.4 Å². The Hall–Kier alpha value is -2.32. The zero-order valence-corrected chi connectivity index (χ0v) is 7.99. The van der Waals surface area contributed by atoms with Crippen LogP contribution in [0.25, 0.3) is 0 Å². The van der Waals surface area contributed by atoms with Crippen molar-refractivity contribution >= 4 is 17.3 Å². The molecular formula is C8H5F3N2O4. The zero-order valence-electron chi connectivity index (χ0n) is 7.99. The van der Waals surface area contributed by atoms with Crippen LogP contribution in [0, 0.1) is 10.1 Å². The van der Waals surface area contributed by atoms with Crippen molar-refractivity contribution < 1.29 is 28.0 Å². The lowest BCUT2D eigenvalue weighted by molar-refractivity contribution is -0.384. The maximum atomic E-state index is 12.5. The molecule has 0 aliphatic carbocycles. The molecule has 92 valence electrons. The third kappa shape index (κ3) is 2.27. The minimum Gasteiger partial charge on any atom is -0.478 e. The van der Waals surface area contributed by atoms with Gasteiger partial charge in [-0.2, -0.15) is 13.2 Å². The van der Waals surface area contributed by atoms with Crippen molar-refractivity contribution in [2.45, 2.75) is 6.18 Å². The fourth-order valence-corrected chi connectivity index (χ4v) is 1.25. The van der Waals surface area contributed by atoms with Crippen molar-refractivity contribution in [3.8, 4) is 0 Å². The highest BCUT2D eigenvalue weighted by molar-refractivity contribution is 5.93. The molecule has 0 saturated heterocycles. The highest BCUT2D eigenvalue weighted by atomic mass is 19.4. The average Bonchev–Trinajstić information content (AvgIpc) is 2.14. The lowest BCUT2D eigenvalue weighted by Gasteiger charge is -2.12. The summed E-state index contributed by atoms with van der Waals surface area (Å²) < 4.78 is 37.6. The molecule has 0 aliphatic rings. The normalized spacial score (nSPS) is 11.2. The predicted octanol–water partition coefficient (Wildman–Crippen LogP) is 1.89. The van der Waals surface area contributed by atoms with E-state index in [4.69, 9.17) is 10.8 Å². The summed E-state index contributed by atoms with van der Waals surface area (Å²) in [5.41, 5.74) is -0.0396.